The molecule has 2 N–H and O–H groups in total. The van der Waals surface area contributed by atoms with E-state index < -0.39 is 26.7 Å². The van der Waals surface area contributed by atoms with Crippen molar-refractivity contribution in [3.63, 3.8) is 0 Å². The maximum Gasteiger partial charge on any atom is 0.387 e. The van der Waals surface area contributed by atoms with Crippen molar-refractivity contribution >= 4 is 21.5 Å². The van der Waals surface area contributed by atoms with Crippen LogP contribution in [0.2, 0.25) is 0 Å². The number of nitrogens with zero attached hydrogens (tertiary/aromatic N) is 2. The molecule has 0 fully saturated rings. The lowest BCUT2D eigenvalue weighted by Crippen LogP contribution is -2.56. The van der Waals surface area contributed by atoms with Gasteiger partial charge in [-0.2, -0.15) is 8.78 Å². The molecule has 2 aromatic rings. The van der Waals surface area contributed by atoms with Crippen molar-refractivity contribution in [2.24, 2.45) is 10.7 Å². The zero-order chi connectivity index (χ0) is 24.0. The Bertz CT molecular complexity index is 1230. The van der Waals surface area contributed by atoms with E-state index >= 15 is 0 Å². The summed E-state index contributed by atoms with van der Waals surface area (Å²) in [6, 6.07) is 8.18. The lowest BCUT2D eigenvalue weighted by atomic mass is 9.76. The second kappa shape index (κ2) is 8.16. The standard InChI is InChI=1S/C23H25F2N3O4S/c1-22(2)20(26)28-23(13-33(22,30)31)9-3-4-15-6-5-14(10-17(15)23)11-19(29)18-8-7-16(12-27-18)32-21(24)25/h5-8,10,12,21H,3-4,9,11,13H2,1-2H3,(H2,26,28)/t23-/m0/s1. The molecule has 176 valence electrons. The highest BCUT2D eigenvalue weighted by atomic mass is 32.2. The zero-order valence-electron chi connectivity index (χ0n) is 18.3. The molecule has 0 bridgehead atoms. The molecule has 0 radical (unpaired) electrons. The topological polar surface area (TPSA) is 112 Å². The van der Waals surface area contributed by atoms with E-state index in [9.17, 15) is 22.0 Å². The predicted octanol–water partition coefficient (Wildman–Crippen LogP) is 3.20. The number of fused-ring (bicyclic) bond motifs is 2. The number of carbonyl (C=O) groups excluding carboxylic acids is 1. The lowest BCUT2D eigenvalue weighted by molar-refractivity contribution is -0.0500. The van der Waals surface area contributed by atoms with Crippen LogP contribution in [0.3, 0.4) is 0 Å². The summed E-state index contributed by atoms with van der Waals surface area (Å²) in [6.07, 6.45) is 3.23. The number of alkyl halides is 2. The molecular formula is C23H25F2N3O4S. The Morgan fingerprint density at radius 3 is 2.64 bits per heavy atom. The smallest absolute Gasteiger partial charge is 0.387 e. The molecule has 1 spiro atoms. The normalized spacial score (nSPS) is 23.1. The minimum atomic E-state index is -3.55. The van der Waals surface area contributed by atoms with Crippen molar-refractivity contribution in [1.29, 1.82) is 0 Å². The molecule has 2 heterocycles. The third-order valence-electron chi connectivity index (χ3n) is 6.48. The lowest BCUT2D eigenvalue weighted by Gasteiger charge is -2.43. The summed E-state index contributed by atoms with van der Waals surface area (Å²) < 4.78 is 53.7. The number of pyridine rings is 1. The van der Waals surface area contributed by atoms with E-state index in [0.717, 1.165) is 30.2 Å². The van der Waals surface area contributed by atoms with Gasteiger partial charge in [0.1, 0.15) is 27.6 Å². The fraction of sp³-hybridized carbons (Fsp3) is 0.435. The van der Waals surface area contributed by atoms with Gasteiger partial charge in [-0.1, -0.05) is 18.2 Å². The van der Waals surface area contributed by atoms with Crippen LogP contribution in [-0.4, -0.2) is 42.1 Å². The predicted molar refractivity (Wildman–Crippen MR) is 119 cm³/mol. The van der Waals surface area contributed by atoms with Crippen molar-refractivity contribution < 1.29 is 26.7 Å². The van der Waals surface area contributed by atoms with Crippen LogP contribution in [0.1, 0.15) is 53.9 Å². The number of nitrogens with two attached hydrogens (primary N) is 1. The van der Waals surface area contributed by atoms with Crippen molar-refractivity contribution in [1.82, 2.24) is 4.98 Å². The Kier molecular flexibility index (Phi) is 5.76. The van der Waals surface area contributed by atoms with E-state index in [-0.39, 0.29) is 35.2 Å². The summed E-state index contributed by atoms with van der Waals surface area (Å²) >= 11 is 0. The van der Waals surface area contributed by atoms with Gasteiger partial charge in [-0.05, 0) is 61.9 Å². The highest BCUT2D eigenvalue weighted by Gasteiger charge is 2.51. The molecule has 0 saturated carbocycles. The molecule has 1 aromatic heterocycles. The SMILES string of the molecule is CC1(C)C(N)=N[C@@]2(CCCc3ccc(CC(=O)c4ccc(OC(F)F)cn4)cc32)CS1(=O)=O. The van der Waals surface area contributed by atoms with Crippen LogP contribution in [-0.2, 0) is 28.2 Å². The van der Waals surface area contributed by atoms with Gasteiger partial charge in [0, 0.05) is 6.42 Å². The Labute approximate surface area is 191 Å². The Morgan fingerprint density at radius 1 is 1.24 bits per heavy atom. The number of ketones is 1. The first-order chi connectivity index (χ1) is 15.4. The van der Waals surface area contributed by atoms with Crippen LogP contribution in [0.5, 0.6) is 5.75 Å². The summed E-state index contributed by atoms with van der Waals surface area (Å²) in [7, 11) is -3.55. The Balaban J connectivity index is 1.64. The van der Waals surface area contributed by atoms with Crippen molar-refractivity contribution in [2.75, 3.05) is 5.75 Å². The molecule has 10 heteroatoms. The Morgan fingerprint density at radius 2 is 2.00 bits per heavy atom. The van der Waals surface area contributed by atoms with E-state index in [1.165, 1.54) is 12.1 Å². The van der Waals surface area contributed by atoms with E-state index in [4.69, 9.17) is 10.7 Å². The highest BCUT2D eigenvalue weighted by molar-refractivity contribution is 7.93. The molecule has 4 rings (SSSR count). The van der Waals surface area contributed by atoms with Gasteiger partial charge in [-0.3, -0.25) is 9.79 Å². The summed E-state index contributed by atoms with van der Waals surface area (Å²) in [5.41, 5.74) is 7.77. The van der Waals surface area contributed by atoms with Gasteiger partial charge in [0.15, 0.2) is 15.6 Å². The maximum absolute atomic E-state index is 13.1. The average Bonchev–Trinajstić information content (AvgIpc) is 2.73. The van der Waals surface area contributed by atoms with E-state index in [1.54, 1.807) is 13.8 Å². The number of aryl methyl sites for hydroxylation is 1. The quantitative estimate of drug-likeness (QED) is 0.662. The number of aromatic nitrogens is 1. The second-order valence-corrected chi connectivity index (χ2v) is 11.5. The van der Waals surface area contributed by atoms with Crippen LogP contribution in [0.4, 0.5) is 8.78 Å². The number of aliphatic imine (C=N–C) groups is 1. The highest BCUT2D eigenvalue weighted by Crippen LogP contribution is 2.45. The third-order valence-corrected chi connectivity index (χ3v) is 9.10. The molecule has 33 heavy (non-hydrogen) atoms. The Hall–Kier alpha value is -2.88. The van der Waals surface area contributed by atoms with Gasteiger partial charge in [0.05, 0.1) is 11.9 Å². The summed E-state index contributed by atoms with van der Waals surface area (Å²) in [6.45, 7) is 0.164. The molecule has 1 aromatic carbocycles. The van der Waals surface area contributed by atoms with Gasteiger partial charge < -0.3 is 10.5 Å². The van der Waals surface area contributed by atoms with Crippen molar-refractivity contribution in [2.45, 2.75) is 56.4 Å². The first-order valence-electron chi connectivity index (χ1n) is 10.6. The van der Waals surface area contributed by atoms with Crippen LogP contribution < -0.4 is 10.5 Å². The van der Waals surface area contributed by atoms with Gasteiger partial charge in [0.2, 0.25) is 0 Å². The second-order valence-electron chi connectivity index (χ2n) is 9.00. The minimum absolute atomic E-state index is 0.0167. The fourth-order valence-electron chi connectivity index (χ4n) is 4.40. The summed E-state index contributed by atoms with van der Waals surface area (Å²) in [5, 5.41) is 0. The van der Waals surface area contributed by atoms with Gasteiger partial charge in [-0.15, -0.1) is 0 Å². The van der Waals surface area contributed by atoms with E-state index in [2.05, 4.69) is 9.72 Å². The van der Waals surface area contributed by atoms with Crippen LogP contribution in [0.15, 0.2) is 41.5 Å². The largest absolute Gasteiger partial charge is 0.433 e. The average molecular weight is 478 g/mol. The minimum Gasteiger partial charge on any atom is -0.433 e. The number of rotatable bonds is 5. The molecule has 0 unspecified atom stereocenters. The number of carbonyl (C=O) groups is 1. The monoisotopic (exact) mass is 477 g/mol. The van der Waals surface area contributed by atoms with Crippen molar-refractivity contribution in [3.8, 4) is 5.75 Å². The number of amidine groups is 1. The van der Waals surface area contributed by atoms with Gasteiger partial charge >= 0.3 is 6.61 Å². The first-order valence-corrected chi connectivity index (χ1v) is 12.2. The number of hydrogen-bond donors (Lipinski definition) is 1. The first kappa shape index (κ1) is 23.3. The molecule has 1 atom stereocenters. The van der Waals surface area contributed by atoms with E-state index in [0.29, 0.717) is 12.0 Å². The number of sulfone groups is 1. The molecule has 0 amide bonds. The van der Waals surface area contributed by atoms with Crippen LogP contribution in [0.25, 0.3) is 0 Å². The number of hydrogen-bond acceptors (Lipinski definition) is 7. The number of halogens is 2. The molecule has 1 aliphatic carbocycles. The zero-order valence-corrected chi connectivity index (χ0v) is 19.2. The van der Waals surface area contributed by atoms with Crippen molar-refractivity contribution in [3.05, 3.63) is 58.9 Å². The third kappa shape index (κ3) is 4.23. The maximum atomic E-state index is 13.1. The number of Topliss-reactive ketones (excluding diaryl/α,β-unsaturated/α-hetero) is 1. The van der Waals surface area contributed by atoms with Gasteiger partial charge in [-0.25, -0.2) is 13.4 Å². The molecule has 0 saturated heterocycles. The van der Waals surface area contributed by atoms with Crippen LogP contribution in [0, 0.1) is 0 Å². The molecular weight excluding hydrogens is 452 g/mol. The molecule has 2 aliphatic rings. The molecule has 7 nitrogen and oxygen atoms in total. The molecule has 1 aliphatic heterocycles. The summed E-state index contributed by atoms with van der Waals surface area (Å²) in [4.78, 5) is 21.4. The van der Waals surface area contributed by atoms with E-state index in [1.807, 2.05) is 18.2 Å². The summed E-state index contributed by atoms with van der Waals surface area (Å²) in [5.74, 6) is -0.470. The fourth-order valence-corrected chi connectivity index (χ4v) is 6.12. The van der Waals surface area contributed by atoms with Crippen LogP contribution >= 0.6 is 0 Å². The number of benzene rings is 1. The number of ether oxygens (including phenoxy) is 1. The van der Waals surface area contributed by atoms with Gasteiger partial charge in [0.25, 0.3) is 0 Å².